The van der Waals surface area contributed by atoms with Crippen molar-refractivity contribution in [2.45, 2.75) is 20.4 Å². The highest BCUT2D eigenvalue weighted by Gasteiger charge is 2.07. The second-order valence-corrected chi connectivity index (χ2v) is 5.25. The van der Waals surface area contributed by atoms with E-state index in [1.807, 2.05) is 12.1 Å². The lowest BCUT2D eigenvalue weighted by molar-refractivity contribution is 0.498. The van der Waals surface area contributed by atoms with Crippen LogP contribution in [-0.4, -0.2) is 6.54 Å². The smallest absolute Gasteiger partial charge is 0.134 e. The highest BCUT2D eigenvalue weighted by atomic mass is 127. The average molecular weight is 341 g/mol. The van der Waals surface area contributed by atoms with E-state index in [1.54, 1.807) is 0 Å². The molecular weight excluding hydrogens is 325 g/mol. The standard InChI is InChI=1S/C14H16INO/c1-3-16-9-12-6-7-14(17-12)13-8-11(15)5-4-10(13)2/h4-8,16H,3,9H2,1-2H3. The summed E-state index contributed by atoms with van der Waals surface area (Å²) >= 11 is 2.32. The second-order valence-electron chi connectivity index (χ2n) is 4.01. The van der Waals surface area contributed by atoms with Gasteiger partial charge in [0.1, 0.15) is 11.5 Å². The Kier molecular flexibility index (Phi) is 4.23. The van der Waals surface area contributed by atoms with Crippen molar-refractivity contribution in [1.29, 1.82) is 0 Å². The first-order valence-corrected chi connectivity index (χ1v) is 6.84. The number of halogens is 1. The molecule has 2 aromatic rings. The summed E-state index contributed by atoms with van der Waals surface area (Å²) in [5.41, 5.74) is 2.43. The van der Waals surface area contributed by atoms with Crippen molar-refractivity contribution in [3.05, 3.63) is 45.2 Å². The van der Waals surface area contributed by atoms with Gasteiger partial charge in [0, 0.05) is 9.13 Å². The summed E-state index contributed by atoms with van der Waals surface area (Å²) in [4.78, 5) is 0. The molecular formula is C14H16INO. The van der Waals surface area contributed by atoms with Crippen LogP contribution in [0.15, 0.2) is 34.7 Å². The average Bonchev–Trinajstić information content (AvgIpc) is 2.78. The van der Waals surface area contributed by atoms with E-state index < -0.39 is 0 Å². The highest BCUT2D eigenvalue weighted by molar-refractivity contribution is 14.1. The number of hydrogen-bond acceptors (Lipinski definition) is 2. The van der Waals surface area contributed by atoms with E-state index in [0.29, 0.717) is 0 Å². The van der Waals surface area contributed by atoms with Gasteiger partial charge in [0.15, 0.2) is 0 Å². The molecule has 17 heavy (non-hydrogen) atoms. The maximum absolute atomic E-state index is 5.84. The molecule has 1 heterocycles. The van der Waals surface area contributed by atoms with Crippen molar-refractivity contribution in [3.63, 3.8) is 0 Å². The van der Waals surface area contributed by atoms with Gasteiger partial charge in [-0.05, 0) is 65.9 Å². The Bertz CT molecular complexity index is 505. The highest BCUT2D eigenvalue weighted by Crippen LogP contribution is 2.27. The molecule has 0 fully saturated rings. The molecule has 0 aliphatic carbocycles. The monoisotopic (exact) mass is 341 g/mol. The maximum atomic E-state index is 5.84. The van der Waals surface area contributed by atoms with Crippen molar-refractivity contribution < 1.29 is 4.42 Å². The number of rotatable bonds is 4. The molecule has 0 atom stereocenters. The molecule has 0 amide bonds. The quantitative estimate of drug-likeness (QED) is 0.852. The van der Waals surface area contributed by atoms with Gasteiger partial charge in [0.05, 0.1) is 6.54 Å². The molecule has 1 N–H and O–H groups in total. The number of furan rings is 1. The van der Waals surface area contributed by atoms with Gasteiger partial charge >= 0.3 is 0 Å². The normalized spacial score (nSPS) is 10.8. The topological polar surface area (TPSA) is 25.2 Å². The lowest BCUT2D eigenvalue weighted by atomic mass is 10.1. The molecule has 0 aliphatic heterocycles. The van der Waals surface area contributed by atoms with Crippen molar-refractivity contribution in [2.75, 3.05) is 6.54 Å². The first kappa shape index (κ1) is 12.6. The van der Waals surface area contributed by atoms with Gasteiger partial charge in [-0.15, -0.1) is 0 Å². The molecule has 0 radical (unpaired) electrons. The third-order valence-corrected chi connectivity index (χ3v) is 3.35. The Morgan fingerprint density at radius 2 is 2.06 bits per heavy atom. The summed E-state index contributed by atoms with van der Waals surface area (Å²) in [7, 11) is 0. The molecule has 1 aromatic carbocycles. The fraction of sp³-hybridized carbons (Fsp3) is 0.286. The van der Waals surface area contributed by atoms with Crippen LogP contribution in [0.25, 0.3) is 11.3 Å². The lowest BCUT2D eigenvalue weighted by Gasteiger charge is -2.03. The molecule has 0 saturated heterocycles. The summed E-state index contributed by atoms with van der Waals surface area (Å²) in [5, 5.41) is 3.26. The SMILES string of the molecule is CCNCc1ccc(-c2cc(I)ccc2C)o1. The van der Waals surface area contributed by atoms with E-state index >= 15 is 0 Å². The zero-order valence-corrected chi connectivity index (χ0v) is 12.2. The first-order valence-electron chi connectivity index (χ1n) is 5.76. The fourth-order valence-electron chi connectivity index (χ4n) is 1.73. The summed E-state index contributed by atoms with van der Waals surface area (Å²) in [6, 6.07) is 10.5. The Morgan fingerprint density at radius 3 is 2.82 bits per heavy atom. The van der Waals surface area contributed by atoms with Crippen LogP contribution in [0.3, 0.4) is 0 Å². The number of aryl methyl sites for hydroxylation is 1. The Morgan fingerprint density at radius 1 is 1.24 bits per heavy atom. The van der Waals surface area contributed by atoms with Gasteiger partial charge in [0.25, 0.3) is 0 Å². The number of hydrogen-bond donors (Lipinski definition) is 1. The Hall–Kier alpha value is -0.810. The molecule has 3 heteroatoms. The minimum absolute atomic E-state index is 0.791. The van der Waals surface area contributed by atoms with Gasteiger partial charge in [-0.25, -0.2) is 0 Å². The first-order chi connectivity index (χ1) is 8.20. The number of nitrogens with one attached hydrogen (secondary N) is 1. The predicted octanol–water partition coefficient (Wildman–Crippen LogP) is 3.97. The van der Waals surface area contributed by atoms with E-state index in [4.69, 9.17) is 4.42 Å². The third kappa shape index (κ3) is 3.10. The largest absolute Gasteiger partial charge is 0.460 e. The summed E-state index contributed by atoms with van der Waals surface area (Å²) in [6.45, 7) is 5.95. The van der Waals surface area contributed by atoms with Gasteiger partial charge in [0.2, 0.25) is 0 Å². The molecule has 0 unspecified atom stereocenters. The molecule has 2 nitrogen and oxygen atoms in total. The minimum Gasteiger partial charge on any atom is -0.460 e. The molecule has 2 rings (SSSR count). The van der Waals surface area contributed by atoms with Crippen molar-refractivity contribution in [2.24, 2.45) is 0 Å². The fourth-order valence-corrected chi connectivity index (χ4v) is 2.22. The maximum Gasteiger partial charge on any atom is 0.134 e. The van der Waals surface area contributed by atoms with Crippen molar-refractivity contribution >= 4 is 22.6 Å². The van der Waals surface area contributed by atoms with Crippen LogP contribution in [0.5, 0.6) is 0 Å². The molecule has 1 aromatic heterocycles. The van der Waals surface area contributed by atoms with E-state index in [1.165, 1.54) is 14.7 Å². The second kappa shape index (κ2) is 5.69. The van der Waals surface area contributed by atoms with Gasteiger partial charge < -0.3 is 9.73 Å². The van der Waals surface area contributed by atoms with Crippen molar-refractivity contribution in [1.82, 2.24) is 5.32 Å². The van der Waals surface area contributed by atoms with Gasteiger partial charge in [-0.1, -0.05) is 13.0 Å². The third-order valence-electron chi connectivity index (χ3n) is 2.68. The molecule has 90 valence electrons. The van der Waals surface area contributed by atoms with Crippen LogP contribution in [0.4, 0.5) is 0 Å². The zero-order chi connectivity index (χ0) is 12.3. The van der Waals surface area contributed by atoms with Gasteiger partial charge in [-0.3, -0.25) is 0 Å². The van der Waals surface area contributed by atoms with E-state index in [2.05, 4.69) is 60.0 Å². The minimum atomic E-state index is 0.791. The molecule has 0 spiro atoms. The molecule has 0 aliphatic rings. The Labute approximate surface area is 116 Å². The van der Waals surface area contributed by atoms with Crippen molar-refractivity contribution in [3.8, 4) is 11.3 Å². The van der Waals surface area contributed by atoms with Gasteiger partial charge in [-0.2, -0.15) is 0 Å². The predicted molar refractivity (Wildman–Crippen MR) is 79.0 cm³/mol. The lowest BCUT2D eigenvalue weighted by Crippen LogP contribution is -2.10. The van der Waals surface area contributed by atoms with Crippen LogP contribution in [0, 0.1) is 10.5 Å². The van der Waals surface area contributed by atoms with Crippen LogP contribution in [0.2, 0.25) is 0 Å². The van der Waals surface area contributed by atoms with Crippen LogP contribution in [-0.2, 0) is 6.54 Å². The van der Waals surface area contributed by atoms with E-state index in [-0.39, 0.29) is 0 Å². The Balaban J connectivity index is 2.27. The van der Waals surface area contributed by atoms with E-state index in [0.717, 1.165) is 24.6 Å². The molecule has 0 bridgehead atoms. The van der Waals surface area contributed by atoms with Crippen LogP contribution in [0.1, 0.15) is 18.2 Å². The zero-order valence-electron chi connectivity index (χ0n) is 10.1. The molecule has 0 saturated carbocycles. The summed E-state index contributed by atoms with van der Waals surface area (Å²) in [6.07, 6.45) is 0. The van der Waals surface area contributed by atoms with Crippen LogP contribution < -0.4 is 5.32 Å². The summed E-state index contributed by atoms with van der Waals surface area (Å²) in [5.74, 6) is 1.94. The summed E-state index contributed by atoms with van der Waals surface area (Å²) < 4.78 is 7.07. The number of benzene rings is 1. The van der Waals surface area contributed by atoms with Crippen LogP contribution >= 0.6 is 22.6 Å². The van der Waals surface area contributed by atoms with E-state index in [9.17, 15) is 0 Å².